The molecule has 0 saturated carbocycles. The van der Waals surface area contributed by atoms with E-state index in [2.05, 4.69) is 16.7 Å². The number of rotatable bonds is 3. The Morgan fingerprint density at radius 1 is 1.19 bits per heavy atom. The molecule has 3 aromatic rings. The first-order chi connectivity index (χ1) is 12.9. The van der Waals surface area contributed by atoms with Crippen molar-refractivity contribution < 1.29 is 9.59 Å². The molecule has 4 rings (SSSR count). The van der Waals surface area contributed by atoms with Crippen molar-refractivity contribution in [1.82, 2.24) is 15.2 Å². The van der Waals surface area contributed by atoms with E-state index < -0.39 is 0 Å². The van der Waals surface area contributed by atoms with Gasteiger partial charge in [0.25, 0.3) is 5.91 Å². The predicted molar refractivity (Wildman–Crippen MR) is 106 cm³/mol. The van der Waals surface area contributed by atoms with Crippen molar-refractivity contribution in [2.45, 2.75) is 25.9 Å². The Bertz CT molecular complexity index is 1070. The number of nitrogens with zero attached hydrogens (tertiary/aromatic N) is 1. The van der Waals surface area contributed by atoms with Gasteiger partial charge in [0, 0.05) is 29.5 Å². The van der Waals surface area contributed by atoms with Crippen molar-refractivity contribution in [2.75, 3.05) is 0 Å². The van der Waals surface area contributed by atoms with Gasteiger partial charge in [0.15, 0.2) is 0 Å². The fourth-order valence-corrected chi connectivity index (χ4v) is 3.72. The topological polar surface area (TPSA) is 63.1 Å². The summed E-state index contributed by atoms with van der Waals surface area (Å²) in [5.74, 6) is -0.0872. The molecule has 1 aliphatic heterocycles. The molecule has 1 atom stereocenters. The number of carbonyl (C=O) groups excluding carboxylic acids is 2. The van der Waals surface area contributed by atoms with Crippen molar-refractivity contribution in [2.24, 2.45) is 7.05 Å². The van der Waals surface area contributed by atoms with Crippen molar-refractivity contribution in [1.29, 1.82) is 0 Å². The molecule has 1 aromatic heterocycles. The Kier molecular flexibility index (Phi) is 4.40. The predicted octanol–water partition coefficient (Wildman–Crippen LogP) is 3.50. The number of fused-ring (bicyclic) bond motifs is 2. The average molecular weight is 382 g/mol. The Hall–Kier alpha value is -2.79. The highest BCUT2D eigenvalue weighted by Gasteiger charge is 2.19. The number of aryl methyl sites for hydroxylation is 1. The second kappa shape index (κ2) is 6.74. The van der Waals surface area contributed by atoms with Crippen LogP contribution in [0.3, 0.4) is 0 Å². The molecule has 2 N–H and O–H groups in total. The summed E-state index contributed by atoms with van der Waals surface area (Å²) in [7, 11) is 1.86. The zero-order valence-corrected chi connectivity index (χ0v) is 15.9. The summed E-state index contributed by atoms with van der Waals surface area (Å²) in [6.07, 6.45) is 0.412. The molecule has 27 heavy (non-hydrogen) atoms. The van der Waals surface area contributed by atoms with Crippen LogP contribution in [-0.4, -0.2) is 16.4 Å². The highest BCUT2D eigenvalue weighted by molar-refractivity contribution is 6.31. The normalized spacial score (nSPS) is 14.6. The summed E-state index contributed by atoms with van der Waals surface area (Å²) in [5, 5.41) is 7.54. The molecule has 0 bridgehead atoms. The van der Waals surface area contributed by atoms with Gasteiger partial charge >= 0.3 is 0 Å². The van der Waals surface area contributed by atoms with Crippen LogP contribution in [-0.2, 0) is 24.8 Å². The maximum atomic E-state index is 12.8. The molecule has 2 heterocycles. The van der Waals surface area contributed by atoms with E-state index in [9.17, 15) is 9.59 Å². The maximum Gasteiger partial charge on any atom is 0.268 e. The number of halogens is 1. The van der Waals surface area contributed by atoms with Crippen molar-refractivity contribution >= 4 is 34.3 Å². The second-order valence-corrected chi connectivity index (χ2v) is 7.40. The molecule has 2 aromatic carbocycles. The molecule has 138 valence electrons. The summed E-state index contributed by atoms with van der Waals surface area (Å²) in [6.45, 7) is 2.49. The van der Waals surface area contributed by atoms with Crippen LogP contribution in [0.4, 0.5) is 0 Å². The van der Waals surface area contributed by atoms with Crippen molar-refractivity contribution in [3.05, 3.63) is 69.9 Å². The third-order valence-electron chi connectivity index (χ3n) is 5.14. The zero-order valence-electron chi connectivity index (χ0n) is 15.2. The van der Waals surface area contributed by atoms with Gasteiger partial charge in [-0.15, -0.1) is 0 Å². The molecule has 0 radical (unpaired) electrons. The smallest absolute Gasteiger partial charge is 0.268 e. The largest absolute Gasteiger partial charge is 0.352 e. The summed E-state index contributed by atoms with van der Waals surface area (Å²) >= 11 is 6.07. The molecule has 6 heteroatoms. The van der Waals surface area contributed by atoms with Gasteiger partial charge in [0.2, 0.25) is 5.91 Å². The van der Waals surface area contributed by atoms with Gasteiger partial charge in [-0.25, -0.2) is 0 Å². The SMILES string of the molecule is CC(NC(=O)c1cc2ccc(Cl)cc2n1C)c1ccc2c(c1)CNC(=O)C2. The fourth-order valence-electron chi connectivity index (χ4n) is 3.56. The van der Waals surface area contributed by atoms with E-state index in [4.69, 9.17) is 11.6 Å². The first-order valence-corrected chi connectivity index (χ1v) is 9.24. The van der Waals surface area contributed by atoms with Gasteiger partial charge < -0.3 is 15.2 Å². The number of carbonyl (C=O) groups is 2. The van der Waals surface area contributed by atoms with Gasteiger partial charge in [-0.3, -0.25) is 9.59 Å². The number of aromatic nitrogens is 1. The van der Waals surface area contributed by atoms with E-state index in [0.717, 1.165) is 27.6 Å². The van der Waals surface area contributed by atoms with Gasteiger partial charge in [-0.05, 0) is 41.8 Å². The van der Waals surface area contributed by atoms with Crippen molar-refractivity contribution in [3.63, 3.8) is 0 Å². The van der Waals surface area contributed by atoms with E-state index >= 15 is 0 Å². The van der Waals surface area contributed by atoms with Gasteiger partial charge in [0.05, 0.1) is 12.5 Å². The molecule has 5 nitrogen and oxygen atoms in total. The van der Waals surface area contributed by atoms with E-state index in [0.29, 0.717) is 23.7 Å². The molecule has 0 fully saturated rings. The second-order valence-electron chi connectivity index (χ2n) is 6.97. The highest BCUT2D eigenvalue weighted by atomic mass is 35.5. The highest BCUT2D eigenvalue weighted by Crippen LogP contribution is 2.24. The Labute approximate surface area is 162 Å². The first kappa shape index (κ1) is 17.6. The van der Waals surface area contributed by atoms with Crippen LogP contribution in [0, 0.1) is 0 Å². The Morgan fingerprint density at radius 2 is 2.00 bits per heavy atom. The number of hydrogen-bond donors (Lipinski definition) is 2. The minimum atomic E-state index is -0.151. The Balaban J connectivity index is 1.56. The van der Waals surface area contributed by atoms with Crippen LogP contribution < -0.4 is 10.6 Å². The third kappa shape index (κ3) is 3.30. The minimum absolute atomic E-state index is 0.0486. The van der Waals surface area contributed by atoms with Gasteiger partial charge in [-0.2, -0.15) is 0 Å². The van der Waals surface area contributed by atoms with E-state index in [1.54, 1.807) is 0 Å². The summed E-state index contributed by atoms with van der Waals surface area (Å²) in [6, 6.07) is 13.3. The zero-order chi connectivity index (χ0) is 19.1. The molecule has 0 spiro atoms. The van der Waals surface area contributed by atoms with Crippen LogP contribution in [0.1, 0.15) is 40.1 Å². The molecule has 1 unspecified atom stereocenters. The van der Waals surface area contributed by atoms with Crippen LogP contribution >= 0.6 is 11.6 Å². The lowest BCUT2D eigenvalue weighted by Gasteiger charge is -2.20. The Morgan fingerprint density at radius 3 is 2.81 bits per heavy atom. The lowest BCUT2D eigenvalue weighted by Crippen LogP contribution is -2.31. The number of amides is 2. The van der Waals surface area contributed by atoms with E-state index in [1.807, 2.05) is 54.9 Å². The van der Waals surface area contributed by atoms with Crippen LogP contribution in [0.5, 0.6) is 0 Å². The summed E-state index contributed by atoms with van der Waals surface area (Å²) < 4.78 is 1.85. The number of hydrogen-bond acceptors (Lipinski definition) is 2. The molecule has 1 aliphatic rings. The monoisotopic (exact) mass is 381 g/mol. The molecule has 0 aliphatic carbocycles. The quantitative estimate of drug-likeness (QED) is 0.729. The molecular weight excluding hydrogens is 362 g/mol. The standard InChI is InChI=1S/C21H20ClN3O2/c1-12(13-3-4-14-9-20(26)23-11-16(14)7-13)24-21(27)19-8-15-5-6-17(22)10-18(15)25(19)2/h3-8,10,12H,9,11H2,1-2H3,(H,23,26)(H,24,27). The maximum absolute atomic E-state index is 12.8. The average Bonchev–Trinajstić information content (AvgIpc) is 2.97. The van der Waals surface area contributed by atoms with E-state index in [1.165, 1.54) is 0 Å². The first-order valence-electron chi connectivity index (χ1n) is 8.86. The van der Waals surface area contributed by atoms with Crippen LogP contribution in [0.15, 0.2) is 42.5 Å². The molecular formula is C21H20ClN3O2. The lowest BCUT2D eigenvalue weighted by molar-refractivity contribution is -0.121. The van der Waals surface area contributed by atoms with Crippen molar-refractivity contribution in [3.8, 4) is 0 Å². The number of benzene rings is 2. The molecule has 0 saturated heterocycles. The van der Waals surface area contributed by atoms with E-state index in [-0.39, 0.29) is 17.9 Å². The molecule has 2 amide bonds. The van der Waals surface area contributed by atoms with Gasteiger partial charge in [0.1, 0.15) is 5.69 Å². The lowest BCUT2D eigenvalue weighted by atomic mass is 9.96. The minimum Gasteiger partial charge on any atom is -0.352 e. The van der Waals surface area contributed by atoms with Crippen LogP contribution in [0.2, 0.25) is 5.02 Å². The third-order valence-corrected chi connectivity index (χ3v) is 5.38. The summed E-state index contributed by atoms with van der Waals surface area (Å²) in [5.41, 5.74) is 4.67. The number of nitrogens with one attached hydrogen (secondary N) is 2. The van der Waals surface area contributed by atoms with Crippen LogP contribution in [0.25, 0.3) is 10.9 Å². The fraction of sp³-hybridized carbons (Fsp3) is 0.238. The van der Waals surface area contributed by atoms with Gasteiger partial charge in [-0.1, -0.05) is 35.9 Å². The summed E-state index contributed by atoms with van der Waals surface area (Å²) in [4.78, 5) is 24.3.